The van der Waals surface area contributed by atoms with Crippen LogP contribution in [-0.2, 0) is 9.53 Å². The lowest BCUT2D eigenvalue weighted by molar-refractivity contribution is -0.138. The van der Waals surface area contributed by atoms with E-state index in [1.165, 1.54) is 12.8 Å². The van der Waals surface area contributed by atoms with Crippen LogP contribution in [0.15, 0.2) is 0 Å². The number of carboxylic acid groups (broad SMARTS) is 1. The zero-order valence-corrected chi connectivity index (χ0v) is 12.7. The topological polar surface area (TPSA) is 78.9 Å². The predicted molar refractivity (Wildman–Crippen MR) is 78.1 cm³/mol. The summed E-state index contributed by atoms with van der Waals surface area (Å²) in [6.07, 6.45) is 4.29. The molecule has 0 aromatic carbocycles. The smallest absolute Gasteiger partial charge is 0.317 e. The molecule has 120 valence electrons. The van der Waals surface area contributed by atoms with Gasteiger partial charge in [-0.1, -0.05) is 6.92 Å². The predicted octanol–water partition coefficient (Wildman–Crippen LogP) is 1.70. The molecule has 0 bridgehead atoms. The van der Waals surface area contributed by atoms with E-state index in [1.54, 1.807) is 0 Å². The highest BCUT2D eigenvalue weighted by atomic mass is 16.5. The van der Waals surface area contributed by atoms with Crippen molar-refractivity contribution in [3.63, 3.8) is 0 Å². The SMILES string of the molecule is CC(CNC(=O)N1CCC(OCCC(=O)O)CC1)C1CC1. The molecule has 1 saturated carbocycles. The van der Waals surface area contributed by atoms with Crippen LogP contribution in [0.5, 0.6) is 0 Å². The molecule has 2 rings (SSSR count). The summed E-state index contributed by atoms with van der Waals surface area (Å²) in [5.74, 6) is 0.543. The second-order valence-corrected chi connectivity index (χ2v) is 6.20. The number of carbonyl (C=O) groups is 2. The molecule has 1 aliphatic carbocycles. The highest BCUT2D eigenvalue weighted by molar-refractivity contribution is 5.74. The number of carboxylic acids is 1. The Morgan fingerprint density at radius 1 is 1.29 bits per heavy atom. The number of urea groups is 1. The lowest BCUT2D eigenvalue weighted by atomic mass is 10.1. The fourth-order valence-electron chi connectivity index (χ4n) is 2.73. The number of ether oxygens (including phenoxy) is 1. The fraction of sp³-hybridized carbons (Fsp3) is 0.867. The number of amides is 2. The average Bonchev–Trinajstić information content (AvgIpc) is 3.29. The second-order valence-electron chi connectivity index (χ2n) is 6.20. The van der Waals surface area contributed by atoms with Gasteiger partial charge >= 0.3 is 12.0 Å². The normalized spacial score (nSPS) is 21.1. The van der Waals surface area contributed by atoms with Crippen molar-refractivity contribution in [2.75, 3.05) is 26.2 Å². The maximum Gasteiger partial charge on any atom is 0.317 e. The molecule has 1 unspecified atom stereocenters. The minimum Gasteiger partial charge on any atom is -0.481 e. The van der Waals surface area contributed by atoms with Crippen molar-refractivity contribution < 1.29 is 19.4 Å². The van der Waals surface area contributed by atoms with Crippen LogP contribution in [0.1, 0.15) is 39.0 Å². The van der Waals surface area contributed by atoms with E-state index in [1.807, 2.05) is 4.90 Å². The minimum atomic E-state index is -0.836. The Morgan fingerprint density at radius 3 is 2.52 bits per heavy atom. The molecule has 0 aromatic heterocycles. The van der Waals surface area contributed by atoms with Crippen LogP contribution in [0.4, 0.5) is 4.79 Å². The Labute approximate surface area is 125 Å². The van der Waals surface area contributed by atoms with Gasteiger partial charge in [0.25, 0.3) is 0 Å². The van der Waals surface area contributed by atoms with Crippen molar-refractivity contribution in [2.45, 2.75) is 45.1 Å². The molecule has 2 amide bonds. The summed E-state index contributed by atoms with van der Waals surface area (Å²) in [4.78, 5) is 24.3. The molecule has 6 nitrogen and oxygen atoms in total. The van der Waals surface area contributed by atoms with Crippen molar-refractivity contribution in [1.82, 2.24) is 10.2 Å². The van der Waals surface area contributed by atoms with E-state index < -0.39 is 5.97 Å². The fourth-order valence-corrected chi connectivity index (χ4v) is 2.73. The highest BCUT2D eigenvalue weighted by Gasteiger charge is 2.29. The first kappa shape index (κ1) is 16.1. The van der Waals surface area contributed by atoms with Crippen LogP contribution < -0.4 is 5.32 Å². The van der Waals surface area contributed by atoms with Gasteiger partial charge in [0.05, 0.1) is 19.1 Å². The van der Waals surface area contributed by atoms with Crippen LogP contribution in [0.25, 0.3) is 0 Å². The van der Waals surface area contributed by atoms with Gasteiger partial charge in [-0.25, -0.2) is 4.79 Å². The second kappa shape index (κ2) is 7.64. The number of likely N-dealkylation sites (tertiary alicyclic amines) is 1. The summed E-state index contributed by atoms with van der Waals surface area (Å²) in [6, 6.07) is 0.0199. The van der Waals surface area contributed by atoms with Crippen molar-refractivity contribution >= 4 is 12.0 Å². The number of piperidine rings is 1. The first-order chi connectivity index (χ1) is 10.1. The monoisotopic (exact) mass is 298 g/mol. The largest absolute Gasteiger partial charge is 0.481 e. The summed E-state index contributed by atoms with van der Waals surface area (Å²) in [5.41, 5.74) is 0. The molecule has 6 heteroatoms. The molecule has 2 N–H and O–H groups in total. The number of carbonyl (C=O) groups excluding carboxylic acids is 1. The van der Waals surface area contributed by atoms with Crippen LogP contribution in [0, 0.1) is 11.8 Å². The molecule has 21 heavy (non-hydrogen) atoms. The van der Waals surface area contributed by atoms with Crippen molar-refractivity contribution in [2.24, 2.45) is 11.8 Å². The Kier molecular flexibility index (Phi) is 5.85. The third-order valence-electron chi connectivity index (χ3n) is 4.40. The zero-order valence-electron chi connectivity index (χ0n) is 12.7. The van der Waals surface area contributed by atoms with Crippen LogP contribution >= 0.6 is 0 Å². The molecular weight excluding hydrogens is 272 g/mol. The Morgan fingerprint density at radius 2 is 1.95 bits per heavy atom. The molecule has 0 aromatic rings. The number of hydrogen-bond acceptors (Lipinski definition) is 3. The molecule has 2 fully saturated rings. The van der Waals surface area contributed by atoms with E-state index in [0.717, 1.165) is 25.3 Å². The maximum absolute atomic E-state index is 12.1. The van der Waals surface area contributed by atoms with Gasteiger partial charge in [-0.15, -0.1) is 0 Å². The molecule has 1 atom stereocenters. The third kappa shape index (κ3) is 5.53. The number of nitrogens with zero attached hydrogens (tertiary/aromatic N) is 1. The molecule has 1 heterocycles. The van der Waals surface area contributed by atoms with Gasteiger partial charge < -0.3 is 20.1 Å². The average molecular weight is 298 g/mol. The minimum absolute atomic E-state index is 0.0199. The molecular formula is C15H26N2O4. The number of rotatable bonds is 7. The standard InChI is InChI=1S/C15H26N2O4/c1-11(12-2-3-12)10-16-15(20)17-7-4-13(5-8-17)21-9-6-14(18)19/h11-13H,2-10H2,1H3,(H,16,20)(H,18,19). The van der Waals surface area contributed by atoms with Crippen molar-refractivity contribution in [3.8, 4) is 0 Å². The van der Waals surface area contributed by atoms with Crippen LogP contribution in [0.3, 0.4) is 0 Å². The third-order valence-corrected chi connectivity index (χ3v) is 4.40. The molecule has 0 radical (unpaired) electrons. The quantitative estimate of drug-likeness (QED) is 0.750. The summed E-state index contributed by atoms with van der Waals surface area (Å²) in [6.45, 7) is 4.58. The van der Waals surface area contributed by atoms with Gasteiger partial charge in [-0.05, 0) is 37.5 Å². The van der Waals surface area contributed by atoms with Gasteiger partial charge in [0.1, 0.15) is 0 Å². The van der Waals surface area contributed by atoms with E-state index in [2.05, 4.69) is 12.2 Å². The molecule has 2 aliphatic rings. The van der Waals surface area contributed by atoms with Gasteiger partial charge in [0, 0.05) is 19.6 Å². The van der Waals surface area contributed by atoms with Gasteiger partial charge in [-0.3, -0.25) is 4.79 Å². The number of nitrogens with one attached hydrogen (secondary N) is 1. The van der Waals surface area contributed by atoms with Crippen LogP contribution in [0.2, 0.25) is 0 Å². The molecule has 1 saturated heterocycles. The lowest BCUT2D eigenvalue weighted by Gasteiger charge is -2.32. The van der Waals surface area contributed by atoms with Crippen molar-refractivity contribution in [1.29, 1.82) is 0 Å². The summed E-state index contributed by atoms with van der Waals surface area (Å²) in [5, 5.41) is 11.6. The van der Waals surface area contributed by atoms with Crippen LogP contribution in [-0.4, -0.2) is 54.4 Å². The highest BCUT2D eigenvalue weighted by Crippen LogP contribution is 2.36. The van der Waals surface area contributed by atoms with Gasteiger partial charge in [-0.2, -0.15) is 0 Å². The molecule has 1 aliphatic heterocycles. The first-order valence-electron chi connectivity index (χ1n) is 7.92. The van der Waals surface area contributed by atoms with E-state index >= 15 is 0 Å². The van der Waals surface area contributed by atoms with Gasteiger partial charge in [0.15, 0.2) is 0 Å². The Balaban J connectivity index is 1.58. The summed E-state index contributed by atoms with van der Waals surface area (Å²) in [7, 11) is 0. The number of hydrogen-bond donors (Lipinski definition) is 2. The zero-order chi connectivity index (χ0) is 15.2. The summed E-state index contributed by atoms with van der Waals surface area (Å²) < 4.78 is 5.52. The summed E-state index contributed by atoms with van der Waals surface area (Å²) >= 11 is 0. The van der Waals surface area contributed by atoms with E-state index in [-0.39, 0.29) is 25.2 Å². The molecule has 0 spiro atoms. The maximum atomic E-state index is 12.1. The van der Waals surface area contributed by atoms with E-state index in [0.29, 0.717) is 19.0 Å². The lowest BCUT2D eigenvalue weighted by Crippen LogP contribution is -2.47. The number of aliphatic carboxylic acids is 1. The first-order valence-corrected chi connectivity index (χ1v) is 7.92. The van der Waals surface area contributed by atoms with Crippen molar-refractivity contribution in [3.05, 3.63) is 0 Å². The van der Waals surface area contributed by atoms with E-state index in [4.69, 9.17) is 9.84 Å². The van der Waals surface area contributed by atoms with Gasteiger partial charge in [0.2, 0.25) is 0 Å². The Bertz CT molecular complexity index is 363. The van der Waals surface area contributed by atoms with E-state index in [9.17, 15) is 9.59 Å². The Hall–Kier alpha value is -1.30.